The zero-order chi connectivity index (χ0) is 15.7. The third-order valence-electron chi connectivity index (χ3n) is 3.99. The predicted octanol–water partition coefficient (Wildman–Crippen LogP) is 4.20. The standard InChI is InChI=1S/C15H20F3NO2/c1-4-20-13-9-12(14(13,2)3)19-10-7-5-6-8-11(10)21-15(16,17)18/h5-8,12-13,19H,4,9H2,1-3H3. The highest BCUT2D eigenvalue weighted by atomic mass is 19.4. The Bertz CT molecular complexity index is 488. The van der Waals surface area contributed by atoms with E-state index in [0.717, 1.165) is 6.42 Å². The van der Waals surface area contributed by atoms with E-state index in [1.54, 1.807) is 12.1 Å². The minimum absolute atomic E-state index is 0.0482. The highest BCUT2D eigenvalue weighted by Gasteiger charge is 2.49. The van der Waals surface area contributed by atoms with Crippen LogP contribution in [0.15, 0.2) is 24.3 Å². The first-order chi connectivity index (χ1) is 9.74. The molecule has 0 spiro atoms. The van der Waals surface area contributed by atoms with Crippen LogP contribution in [0.5, 0.6) is 5.75 Å². The molecule has 21 heavy (non-hydrogen) atoms. The first-order valence-corrected chi connectivity index (χ1v) is 6.97. The van der Waals surface area contributed by atoms with E-state index in [1.807, 2.05) is 20.8 Å². The van der Waals surface area contributed by atoms with Crippen molar-refractivity contribution in [2.75, 3.05) is 11.9 Å². The molecule has 0 amide bonds. The maximum Gasteiger partial charge on any atom is 0.573 e. The first-order valence-electron chi connectivity index (χ1n) is 6.97. The van der Waals surface area contributed by atoms with E-state index in [0.29, 0.717) is 12.3 Å². The molecule has 1 saturated carbocycles. The monoisotopic (exact) mass is 303 g/mol. The Labute approximate surface area is 122 Å². The third kappa shape index (κ3) is 3.61. The Balaban J connectivity index is 2.08. The van der Waals surface area contributed by atoms with Gasteiger partial charge in [-0.05, 0) is 25.5 Å². The van der Waals surface area contributed by atoms with Gasteiger partial charge in [0.2, 0.25) is 0 Å². The molecule has 1 aliphatic rings. The Morgan fingerprint density at radius 1 is 1.29 bits per heavy atom. The van der Waals surface area contributed by atoms with E-state index in [-0.39, 0.29) is 23.3 Å². The summed E-state index contributed by atoms with van der Waals surface area (Å²) in [6.07, 6.45) is -3.81. The van der Waals surface area contributed by atoms with Gasteiger partial charge in [0.1, 0.15) is 0 Å². The van der Waals surface area contributed by atoms with Gasteiger partial charge < -0.3 is 14.8 Å². The number of para-hydroxylation sites is 2. The van der Waals surface area contributed by atoms with Crippen molar-refractivity contribution in [2.24, 2.45) is 5.41 Å². The van der Waals surface area contributed by atoms with Crippen LogP contribution in [0.3, 0.4) is 0 Å². The summed E-state index contributed by atoms with van der Waals surface area (Å²) < 4.78 is 46.9. The fraction of sp³-hybridized carbons (Fsp3) is 0.600. The first kappa shape index (κ1) is 15.9. The highest BCUT2D eigenvalue weighted by molar-refractivity contribution is 5.57. The lowest BCUT2D eigenvalue weighted by Gasteiger charge is -2.52. The van der Waals surface area contributed by atoms with Crippen LogP contribution >= 0.6 is 0 Å². The number of anilines is 1. The van der Waals surface area contributed by atoms with Gasteiger partial charge in [-0.3, -0.25) is 0 Å². The zero-order valence-corrected chi connectivity index (χ0v) is 12.3. The summed E-state index contributed by atoms with van der Waals surface area (Å²) in [5, 5.41) is 3.14. The fourth-order valence-electron chi connectivity index (χ4n) is 2.60. The lowest BCUT2D eigenvalue weighted by Crippen LogP contribution is -2.58. The number of ether oxygens (including phenoxy) is 2. The fourth-order valence-corrected chi connectivity index (χ4v) is 2.60. The van der Waals surface area contributed by atoms with E-state index in [9.17, 15) is 13.2 Å². The van der Waals surface area contributed by atoms with Gasteiger partial charge in [0, 0.05) is 18.1 Å². The lowest BCUT2D eigenvalue weighted by molar-refractivity contribution is -0.274. The Kier molecular flexibility index (Phi) is 4.37. The SMILES string of the molecule is CCOC1CC(Nc2ccccc2OC(F)(F)F)C1(C)C. The number of benzene rings is 1. The molecule has 1 aliphatic carbocycles. The molecule has 0 bridgehead atoms. The molecule has 2 unspecified atom stereocenters. The second kappa shape index (κ2) is 5.75. The van der Waals surface area contributed by atoms with Gasteiger partial charge in [0.25, 0.3) is 0 Å². The second-order valence-electron chi connectivity index (χ2n) is 5.74. The minimum atomic E-state index is -4.69. The van der Waals surface area contributed by atoms with E-state index >= 15 is 0 Å². The summed E-state index contributed by atoms with van der Waals surface area (Å²) in [4.78, 5) is 0. The Morgan fingerprint density at radius 2 is 1.95 bits per heavy atom. The van der Waals surface area contributed by atoms with Crippen LogP contribution in [0.25, 0.3) is 0 Å². The molecule has 1 aromatic carbocycles. The van der Waals surface area contributed by atoms with Crippen molar-refractivity contribution < 1.29 is 22.6 Å². The molecule has 6 heteroatoms. The number of rotatable bonds is 5. The molecular weight excluding hydrogens is 283 g/mol. The van der Waals surface area contributed by atoms with Crippen LogP contribution in [0.1, 0.15) is 27.2 Å². The second-order valence-corrected chi connectivity index (χ2v) is 5.74. The largest absolute Gasteiger partial charge is 0.573 e. The van der Waals surface area contributed by atoms with E-state index in [1.165, 1.54) is 12.1 Å². The van der Waals surface area contributed by atoms with Crippen molar-refractivity contribution >= 4 is 5.69 Å². The van der Waals surface area contributed by atoms with Gasteiger partial charge in [-0.1, -0.05) is 26.0 Å². The smallest absolute Gasteiger partial charge is 0.404 e. The van der Waals surface area contributed by atoms with Gasteiger partial charge in [0.15, 0.2) is 5.75 Å². The van der Waals surface area contributed by atoms with E-state index in [2.05, 4.69) is 10.1 Å². The van der Waals surface area contributed by atoms with Crippen LogP contribution in [-0.4, -0.2) is 25.1 Å². The summed E-state index contributed by atoms with van der Waals surface area (Å²) >= 11 is 0. The molecule has 0 radical (unpaired) electrons. The molecule has 2 rings (SSSR count). The third-order valence-corrected chi connectivity index (χ3v) is 3.99. The van der Waals surface area contributed by atoms with Gasteiger partial charge in [0.05, 0.1) is 11.8 Å². The number of hydrogen-bond acceptors (Lipinski definition) is 3. The van der Waals surface area contributed by atoms with E-state index < -0.39 is 6.36 Å². The predicted molar refractivity (Wildman–Crippen MR) is 74.3 cm³/mol. The number of halogens is 3. The van der Waals surface area contributed by atoms with E-state index in [4.69, 9.17) is 4.74 Å². The zero-order valence-electron chi connectivity index (χ0n) is 12.3. The summed E-state index contributed by atoms with van der Waals surface area (Å²) in [6.45, 7) is 6.65. The molecule has 1 aromatic rings. The van der Waals surface area contributed by atoms with Crippen LogP contribution in [0.4, 0.5) is 18.9 Å². The van der Waals surface area contributed by atoms with Crippen LogP contribution < -0.4 is 10.1 Å². The Hall–Kier alpha value is -1.43. The molecule has 3 nitrogen and oxygen atoms in total. The maximum absolute atomic E-state index is 12.4. The molecular formula is C15H20F3NO2. The molecule has 0 heterocycles. The number of alkyl halides is 3. The topological polar surface area (TPSA) is 30.5 Å². The quantitative estimate of drug-likeness (QED) is 0.884. The van der Waals surface area contributed by atoms with Crippen molar-refractivity contribution in [1.82, 2.24) is 0 Å². The van der Waals surface area contributed by atoms with Gasteiger partial charge in [-0.2, -0.15) is 0 Å². The average molecular weight is 303 g/mol. The van der Waals surface area contributed by atoms with Crippen LogP contribution in [0, 0.1) is 5.41 Å². The lowest BCUT2D eigenvalue weighted by atomic mass is 9.64. The molecule has 1 N–H and O–H groups in total. The van der Waals surface area contributed by atoms with Crippen LogP contribution in [-0.2, 0) is 4.74 Å². The Morgan fingerprint density at radius 3 is 2.52 bits per heavy atom. The summed E-state index contributed by atoms with van der Waals surface area (Å²) in [5.74, 6) is -0.208. The molecule has 0 saturated heterocycles. The van der Waals surface area contributed by atoms with Gasteiger partial charge in [-0.15, -0.1) is 13.2 Å². The van der Waals surface area contributed by atoms with Crippen molar-refractivity contribution in [2.45, 2.75) is 45.7 Å². The molecule has 2 atom stereocenters. The van der Waals surface area contributed by atoms with Crippen LogP contribution in [0.2, 0.25) is 0 Å². The molecule has 0 aliphatic heterocycles. The van der Waals surface area contributed by atoms with Crippen molar-refractivity contribution in [1.29, 1.82) is 0 Å². The minimum Gasteiger partial charge on any atom is -0.404 e. The maximum atomic E-state index is 12.4. The van der Waals surface area contributed by atoms with Crippen molar-refractivity contribution in [3.05, 3.63) is 24.3 Å². The summed E-state index contributed by atoms with van der Waals surface area (Å²) in [7, 11) is 0. The summed E-state index contributed by atoms with van der Waals surface area (Å²) in [5.41, 5.74) is 0.212. The molecule has 0 aromatic heterocycles. The molecule has 1 fully saturated rings. The molecule has 118 valence electrons. The van der Waals surface area contributed by atoms with Crippen molar-refractivity contribution in [3.63, 3.8) is 0 Å². The van der Waals surface area contributed by atoms with Gasteiger partial charge in [-0.25, -0.2) is 0 Å². The number of nitrogens with one attached hydrogen (secondary N) is 1. The average Bonchev–Trinajstić information content (AvgIpc) is 2.38. The normalized spacial score (nSPS) is 24.3. The summed E-state index contributed by atoms with van der Waals surface area (Å²) in [6, 6.07) is 6.14. The van der Waals surface area contributed by atoms with Gasteiger partial charge >= 0.3 is 6.36 Å². The van der Waals surface area contributed by atoms with Crippen molar-refractivity contribution in [3.8, 4) is 5.75 Å². The number of hydrogen-bond donors (Lipinski definition) is 1. The highest BCUT2D eigenvalue weighted by Crippen LogP contribution is 2.45.